The second kappa shape index (κ2) is 8.33. The van der Waals surface area contributed by atoms with E-state index >= 15 is 0 Å². The SMILES string of the molecule is COc1ccc(-c2noc(CCC(=O)Nc3ccc(Br)cc3Cl)n2)cc1. The molecule has 0 radical (unpaired) electrons. The van der Waals surface area contributed by atoms with E-state index in [-0.39, 0.29) is 12.3 Å². The first-order chi connectivity index (χ1) is 12.5. The molecule has 0 atom stereocenters. The summed E-state index contributed by atoms with van der Waals surface area (Å²) < 4.78 is 11.2. The first-order valence-corrected chi connectivity index (χ1v) is 8.94. The van der Waals surface area contributed by atoms with Crippen LogP contribution in [-0.4, -0.2) is 23.2 Å². The molecule has 1 heterocycles. The smallest absolute Gasteiger partial charge is 0.227 e. The molecule has 8 heteroatoms. The van der Waals surface area contributed by atoms with E-state index < -0.39 is 0 Å². The monoisotopic (exact) mass is 435 g/mol. The Kier molecular flexibility index (Phi) is 5.90. The number of hydrogen-bond donors (Lipinski definition) is 1. The van der Waals surface area contributed by atoms with Crippen LogP contribution in [0.4, 0.5) is 5.69 Å². The molecule has 1 N–H and O–H groups in total. The molecule has 0 saturated carbocycles. The normalized spacial score (nSPS) is 10.6. The predicted octanol–water partition coefficient (Wildman–Crippen LogP) is 4.73. The molecule has 0 bridgehead atoms. The van der Waals surface area contributed by atoms with Gasteiger partial charge in [-0.2, -0.15) is 4.98 Å². The fourth-order valence-corrected chi connectivity index (χ4v) is 2.96. The van der Waals surface area contributed by atoms with Crippen molar-refractivity contribution in [2.24, 2.45) is 0 Å². The molecule has 3 rings (SSSR count). The van der Waals surface area contributed by atoms with Gasteiger partial charge in [0, 0.05) is 22.9 Å². The molecule has 6 nitrogen and oxygen atoms in total. The first kappa shape index (κ1) is 18.4. The lowest BCUT2D eigenvalue weighted by molar-refractivity contribution is -0.116. The van der Waals surface area contributed by atoms with Crippen molar-refractivity contribution in [1.29, 1.82) is 0 Å². The maximum absolute atomic E-state index is 12.1. The molecular formula is C18H15BrClN3O3. The summed E-state index contributed by atoms with van der Waals surface area (Å²) in [4.78, 5) is 16.4. The molecule has 0 aliphatic carbocycles. The molecule has 0 unspecified atom stereocenters. The van der Waals surface area contributed by atoms with Crippen molar-refractivity contribution in [3.05, 3.63) is 57.9 Å². The Bertz CT molecular complexity index is 912. The van der Waals surface area contributed by atoms with Crippen LogP contribution < -0.4 is 10.1 Å². The van der Waals surface area contributed by atoms with E-state index in [1.165, 1.54) is 0 Å². The average molecular weight is 437 g/mol. The lowest BCUT2D eigenvalue weighted by atomic mass is 10.2. The van der Waals surface area contributed by atoms with Crippen LogP contribution in [0.2, 0.25) is 5.02 Å². The van der Waals surface area contributed by atoms with Gasteiger partial charge in [-0.25, -0.2) is 0 Å². The standard InChI is InChI=1S/C18H15BrClN3O3/c1-25-13-5-2-11(3-6-13)18-22-17(26-23-18)9-8-16(24)21-15-7-4-12(19)10-14(15)20/h2-7,10H,8-9H2,1H3,(H,21,24). The van der Waals surface area contributed by atoms with Gasteiger partial charge in [-0.3, -0.25) is 4.79 Å². The van der Waals surface area contributed by atoms with Crippen LogP contribution >= 0.6 is 27.5 Å². The van der Waals surface area contributed by atoms with Gasteiger partial charge in [0.1, 0.15) is 5.75 Å². The quantitative estimate of drug-likeness (QED) is 0.604. The zero-order chi connectivity index (χ0) is 18.5. The summed E-state index contributed by atoms with van der Waals surface area (Å²) in [5, 5.41) is 7.17. The average Bonchev–Trinajstić information content (AvgIpc) is 3.11. The van der Waals surface area contributed by atoms with Gasteiger partial charge < -0.3 is 14.6 Å². The van der Waals surface area contributed by atoms with E-state index in [4.69, 9.17) is 20.9 Å². The minimum Gasteiger partial charge on any atom is -0.497 e. The Morgan fingerprint density at radius 2 is 2.04 bits per heavy atom. The van der Waals surface area contributed by atoms with Gasteiger partial charge in [-0.05, 0) is 42.5 Å². The lowest BCUT2D eigenvalue weighted by Gasteiger charge is -2.06. The second-order valence-electron chi connectivity index (χ2n) is 5.41. The number of nitrogens with zero attached hydrogens (tertiary/aromatic N) is 2. The highest BCUT2D eigenvalue weighted by atomic mass is 79.9. The molecule has 0 fully saturated rings. The number of rotatable bonds is 6. The topological polar surface area (TPSA) is 77.2 Å². The minimum absolute atomic E-state index is 0.182. The van der Waals surface area contributed by atoms with Crippen molar-refractivity contribution in [2.45, 2.75) is 12.8 Å². The third kappa shape index (κ3) is 4.62. The van der Waals surface area contributed by atoms with Crippen molar-refractivity contribution >= 4 is 39.1 Å². The van der Waals surface area contributed by atoms with Crippen molar-refractivity contribution in [3.63, 3.8) is 0 Å². The summed E-state index contributed by atoms with van der Waals surface area (Å²) in [6, 6.07) is 12.6. The van der Waals surface area contributed by atoms with Crippen molar-refractivity contribution in [1.82, 2.24) is 10.1 Å². The third-order valence-corrected chi connectivity index (χ3v) is 4.39. The number of anilines is 1. The molecule has 1 amide bonds. The molecule has 3 aromatic rings. The fraction of sp³-hybridized carbons (Fsp3) is 0.167. The van der Waals surface area contributed by atoms with Crippen molar-refractivity contribution < 1.29 is 14.1 Å². The predicted molar refractivity (Wildman–Crippen MR) is 102 cm³/mol. The number of carbonyl (C=O) groups excluding carboxylic acids is 1. The van der Waals surface area contributed by atoms with Crippen LogP contribution in [0, 0.1) is 0 Å². The van der Waals surface area contributed by atoms with Crippen LogP contribution in [0.5, 0.6) is 5.75 Å². The van der Waals surface area contributed by atoms with E-state index in [1.54, 1.807) is 25.3 Å². The molecule has 2 aromatic carbocycles. The molecular weight excluding hydrogens is 422 g/mol. The van der Waals surface area contributed by atoms with Crippen molar-refractivity contribution in [3.8, 4) is 17.1 Å². The number of hydrogen-bond acceptors (Lipinski definition) is 5. The molecule has 0 spiro atoms. The van der Waals surface area contributed by atoms with Crippen LogP contribution in [0.1, 0.15) is 12.3 Å². The maximum Gasteiger partial charge on any atom is 0.227 e. The lowest BCUT2D eigenvalue weighted by Crippen LogP contribution is -2.12. The number of methoxy groups -OCH3 is 1. The first-order valence-electron chi connectivity index (χ1n) is 7.77. The summed E-state index contributed by atoms with van der Waals surface area (Å²) in [6.07, 6.45) is 0.541. The Hall–Kier alpha value is -2.38. The summed E-state index contributed by atoms with van der Waals surface area (Å²) in [6.45, 7) is 0. The minimum atomic E-state index is -0.182. The molecule has 1 aromatic heterocycles. The Labute approximate surface area is 163 Å². The van der Waals surface area contributed by atoms with E-state index in [0.29, 0.717) is 28.8 Å². The van der Waals surface area contributed by atoms with Gasteiger partial charge in [0.2, 0.25) is 17.6 Å². The highest BCUT2D eigenvalue weighted by Crippen LogP contribution is 2.26. The van der Waals surface area contributed by atoms with Crippen LogP contribution in [0.3, 0.4) is 0 Å². The van der Waals surface area contributed by atoms with Gasteiger partial charge in [-0.15, -0.1) is 0 Å². The zero-order valence-electron chi connectivity index (χ0n) is 13.8. The highest BCUT2D eigenvalue weighted by molar-refractivity contribution is 9.10. The molecule has 26 heavy (non-hydrogen) atoms. The van der Waals surface area contributed by atoms with E-state index in [0.717, 1.165) is 15.8 Å². The van der Waals surface area contributed by atoms with Gasteiger partial charge in [0.15, 0.2) is 0 Å². The number of carbonyl (C=O) groups is 1. The zero-order valence-corrected chi connectivity index (χ0v) is 16.2. The maximum atomic E-state index is 12.1. The summed E-state index contributed by atoms with van der Waals surface area (Å²) in [7, 11) is 1.61. The summed E-state index contributed by atoms with van der Waals surface area (Å²) in [5.74, 6) is 1.44. The largest absolute Gasteiger partial charge is 0.497 e. The van der Waals surface area contributed by atoms with Crippen LogP contribution in [0.15, 0.2) is 51.5 Å². The second-order valence-corrected chi connectivity index (χ2v) is 6.74. The number of halogens is 2. The van der Waals surface area contributed by atoms with Gasteiger partial charge >= 0.3 is 0 Å². The third-order valence-electron chi connectivity index (χ3n) is 3.59. The number of nitrogens with one attached hydrogen (secondary N) is 1. The molecule has 0 aliphatic heterocycles. The van der Waals surface area contributed by atoms with Crippen LogP contribution in [-0.2, 0) is 11.2 Å². The summed E-state index contributed by atoms with van der Waals surface area (Å²) in [5.41, 5.74) is 1.37. The van der Waals surface area contributed by atoms with Crippen molar-refractivity contribution in [2.75, 3.05) is 12.4 Å². The van der Waals surface area contributed by atoms with Gasteiger partial charge in [0.25, 0.3) is 0 Å². The van der Waals surface area contributed by atoms with Crippen LogP contribution in [0.25, 0.3) is 11.4 Å². The highest BCUT2D eigenvalue weighted by Gasteiger charge is 2.12. The Morgan fingerprint density at radius 3 is 2.73 bits per heavy atom. The van der Waals surface area contributed by atoms with E-state index in [9.17, 15) is 4.79 Å². The molecule has 0 aliphatic rings. The fourth-order valence-electron chi connectivity index (χ4n) is 2.24. The van der Waals surface area contributed by atoms with Gasteiger partial charge in [-0.1, -0.05) is 32.7 Å². The van der Waals surface area contributed by atoms with E-state index in [2.05, 4.69) is 31.4 Å². The number of benzene rings is 2. The Balaban J connectivity index is 1.58. The number of amides is 1. The number of aromatic nitrogens is 2. The number of aryl methyl sites for hydroxylation is 1. The summed E-state index contributed by atoms with van der Waals surface area (Å²) >= 11 is 9.41. The molecule has 134 valence electrons. The Morgan fingerprint density at radius 1 is 1.27 bits per heavy atom. The van der Waals surface area contributed by atoms with Gasteiger partial charge in [0.05, 0.1) is 17.8 Å². The molecule has 0 saturated heterocycles. The number of ether oxygens (including phenoxy) is 1. The van der Waals surface area contributed by atoms with E-state index in [1.807, 2.05) is 24.3 Å².